The molecule has 104 valence electrons. The fourth-order valence-corrected chi connectivity index (χ4v) is 2.55. The molecule has 1 aromatic carbocycles. The molecule has 0 saturated carbocycles. The van der Waals surface area contributed by atoms with Crippen LogP contribution in [0.25, 0.3) is 0 Å². The first-order chi connectivity index (χ1) is 9.69. The number of nitriles is 1. The van der Waals surface area contributed by atoms with Crippen molar-refractivity contribution in [3.8, 4) is 6.07 Å². The molecule has 1 N–H and O–H groups in total. The van der Waals surface area contributed by atoms with Crippen LogP contribution in [0, 0.1) is 11.3 Å². The lowest BCUT2D eigenvalue weighted by atomic mass is 9.99. The summed E-state index contributed by atoms with van der Waals surface area (Å²) in [5, 5.41) is 11.9. The van der Waals surface area contributed by atoms with Gasteiger partial charge in [-0.1, -0.05) is 30.3 Å². The molecule has 1 aromatic rings. The summed E-state index contributed by atoms with van der Waals surface area (Å²) in [5.41, 5.74) is 0.669. The van der Waals surface area contributed by atoms with Crippen LogP contribution in [0.5, 0.6) is 0 Å². The normalized spacial score (nSPS) is 19.2. The van der Waals surface area contributed by atoms with Gasteiger partial charge in [0.05, 0.1) is 6.07 Å². The molecule has 0 radical (unpaired) electrons. The lowest BCUT2D eigenvalue weighted by molar-refractivity contribution is -0.138. The average molecular weight is 271 g/mol. The second-order valence-electron chi connectivity index (χ2n) is 4.78. The fraction of sp³-hybridized carbons (Fsp3) is 0.400. The van der Waals surface area contributed by atoms with Gasteiger partial charge in [0.1, 0.15) is 12.0 Å². The van der Waals surface area contributed by atoms with Crippen molar-refractivity contribution in [2.24, 2.45) is 0 Å². The number of rotatable bonds is 3. The summed E-state index contributed by atoms with van der Waals surface area (Å²) in [4.78, 5) is 25.8. The maximum atomic E-state index is 12.5. The Labute approximate surface area is 118 Å². The molecular formula is C15H17N3O2. The summed E-state index contributed by atoms with van der Waals surface area (Å²) < 4.78 is 0. The quantitative estimate of drug-likeness (QED) is 0.892. The van der Waals surface area contributed by atoms with Crippen LogP contribution in [0.15, 0.2) is 30.3 Å². The molecule has 2 amide bonds. The minimum absolute atomic E-state index is 0.166. The zero-order chi connectivity index (χ0) is 14.5. The first-order valence-electron chi connectivity index (χ1n) is 6.65. The van der Waals surface area contributed by atoms with Crippen LogP contribution in [-0.2, 0) is 9.59 Å². The molecule has 1 aliphatic heterocycles. The number of amides is 2. The predicted octanol–water partition coefficient (Wildman–Crippen LogP) is 1.03. The van der Waals surface area contributed by atoms with Crippen LogP contribution >= 0.6 is 0 Å². The summed E-state index contributed by atoms with van der Waals surface area (Å²) in [7, 11) is 1.56. The lowest BCUT2D eigenvalue weighted by Crippen LogP contribution is -2.46. The molecule has 0 spiro atoms. The number of carbonyl (C=O) groups excluding carboxylic acids is 2. The Morgan fingerprint density at radius 1 is 1.40 bits per heavy atom. The highest BCUT2D eigenvalue weighted by atomic mass is 16.2. The highest BCUT2D eigenvalue weighted by Gasteiger charge is 2.37. The predicted molar refractivity (Wildman–Crippen MR) is 73.6 cm³/mol. The third-order valence-corrected chi connectivity index (χ3v) is 3.59. The van der Waals surface area contributed by atoms with E-state index < -0.39 is 12.0 Å². The second kappa shape index (κ2) is 6.20. The van der Waals surface area contributed by atoms with E-state index in [9.17, 15) is 14.9 Å². The first-order valence-corrected chi connectivity index (χ1v) is 6.65. The number of benzene rings is 1. The van der Waals surface area contributed by atoms with Crippen molar-refractivity contribution in [3.63, 3.8) is 0 Å². The largest absolute Gasteiger partial charge is 0.357 e. The average Bonchev–Trinajstić information content (AvgIpc) is 2.97. The van der Waals surface area contributed by atoms with Gasteiger partial charge >= 0.3 is 0 Å². The van der Waals surface area contributed by atoms with Crippen molar-refractivity contribution in [1.29, 1.82) is 5.26 Å². The van der Waals surface area contributed by atoms with Crippen molar-refractivity contribution in [3.05, 3.63) is 35.9 Å². The van der Waals surface area contributed by atoms with E-state index in [4.69, 9.17) is 0 Å². The lowest BCUT2D eigenvalue weighted by Gasteiger charge is -2.25. The van der Waals surface area contributed by atoms with E-state index in [1.54, 1.807) is 31.3 Å². The minimum atomic E-state index is -0.846. The molecule has 2 unspecified atom stereocenters. The van der Waals surface area contributed by atoms with E-state index in [1.807, 2.05) is 12.1 Å². The van der Waals surface area contributed by atoms with Crippen LogP contribution in [0.2, 0.25) is 0 Å². The van der Waals surface area contributed by atoms with E-state index in [1.165, 1.54) is 4.90 Å². The van der Waals surface area contributed by atoms with Gasteiger partial charge in [-0.3, -0.25) is 9.59 Å². The molecule has 5 heteroatoms. The third-order valence-electron chi connectivity index (χ3n) is 3.59. The van der Waals surface area contributed by atoms with Crippen LogP contribution in [0.3, 0.4) is 0 Å². The second-order valence-corrected chi connectivity index (χ2v) is 4.78. The summed E-state index contributed by atoms with van der Waals surface area (Å²) in [6.07, 6.45) is 1.44. The Balaban J connectivity index is 2.21. The SMILES string of the molecule is CNC(=O)C1CCCN1C(=O)C(C#N)c1ccccc1. The molecule has 5 nitrogen and oxygen atoms in total. The topological polar surface area (TPSA) is 73.2 Å². The van der Waals surface area contributed by atoms with E-state index in [0.29, 0.717) is 18.5 Å². The van der Waals surface area contributed by atoms with E-state index in [-0.39, 0.29) is 11.8 Å². The van der Waals surface area contributed by atoms with Crippen molar-refractivity contribution in [2.75, 3.05) is 13.6 Å². The molecule has 0 aromatic heterocycles. The van der Waals surface area contributed by atoms with Gasteiger partial charge < -0.3 is 10.2 Å². The van der Waals surface area contributed by atoms with Gasteiger partial charge in [-0.15, -0.1) is 0 Å². The molecule has 1 fully saturated rings. The van der Waals surface area contributed by atoms with Gasteiger partial charge in [0.15, 0.2) is 0 Å². The smallest absolute Gasteiger partial charge is 0.245 e. The Hall–Kier alpha value is -2.35. The third kappa shape index (κ3) is 2.64. The zero-order valence-electron chi connectivity index (χ0n) is 11.4. The molecule has 0 bridgehead atoms. The maximum Gasteiger partial charge on any atom is 0.245 e. The number of hydrogen-bond donors (Lipinski definition) is 1. The zero-order valence-corrected chi connectivity index (χ0v) is 11.4. The molecule has 1 heterocycles. The van der Waals surface area contributed by atoms with Crippen LogP contribution in [0.4, 0.5) is 0 Å². The van der Waals surface area contributed by atoms with E-state index in [0.717, 1.165) is 6.42 Å². The van der Waals surface area contributed by atoms with Crippen molar-refractivity contribution in [1.82, 2.24) is 10.2 Å². The molecule has 20 heavy (non-hydrogen) atoms. The fourth-order valence-electron chi connectivity index (χ4n) is 2.55. The number of nitrogens with one attached hydrogen (secondary N) is 1. The monoisotopic (exact) mass is 271 g/mol. The number of nitrogens with zero attached hydrogens (tertiary/aromatic N) is 2. The van der Waals surface area contributed by atoms with Gasteiger partial charge in [-0.25, -0.2) is 0 Å². The molecule has 0 aliphatic carbocycles. The van der Waals surface area contributed by atoms with Crippen LogP contribution in [0.1, 0.15) is 24.3 Å². The van der Waals surface area contributed by atoms with Gasteiger partial charge in [0, 0.05) is 13.6 Å². The number of hydrogen-bond acceptors (Lipinski definition) is 3. The van der Waals surface area contributed by atoms with Crippen molar-refractivity contribution < 1.29 is 9.59 Å². The summed E-state index contributed by atoms with van der Waals surface area (Å²) in [5.74, 6) is -1.30. The Morgan fingerprint density at radius 3 is 2.70 bits per heavy atom. The highest BCUT2D eigenvalue weighted by Crippen LogP contribution is 2.24. The standard InChI is InChI=1S/C15H17N3O2/c1-17-14(19)13-8-5-9-18(13)15(20)12(10-16)11-6-3-2-4-7-11/h2-4,6-7,12-13H,5,8-9H2,1H3,(H,17,19). The summed E-state index contributed by atoms with van der Waals surface area (Å²) >= 11 is 0. The Morgan fingerprint density at radius 2 is 2.10 bits per heavy atom. The Kier molecular flexibility index (Phi) is 4.36. The molecular weight excluding hydrogens is 254 g/mol. The minimum Gasteiger partial charge on any atom is -0.357 e. The summed E-state index contributed by atoms with van der Waals surface area (Å²) in [6.45, 7) is 0.530. The van der Waals surface area contributed by atoms with Gasteiger partial charge in [-0.2, -0.15) is 5.26 Å². The molecule has 2 rings (SSSR count). The summed E-state index contributed by atoms with van der Waals surface area (Å²) in [6, 6.07) is 10.6. The van der Waals surface area contributed by atoms with E-state index in [2.05, 4.69) is 5.32 Å². The highest BCUT2D eigenvalue weighted by molar-refractivity contribution is 5.92. The number of carbonyl (C=O) groups is 2. The number of likely N-dealkylation sites (N-methyl/N-ethyl adjacent to an activating group) is 1. The van der Waals surface area contributed by atoms with E-state index >= 15 is 0 Å². The number of likely N-dealkylation sites (tertiary alicyclic amines) is 1. The van der Waals surface area contributed by atoms with Crippen LogP contribution in [-0.4, -0.2) is 36.3 Å². The van der Waals surface area contributed by atoms with Gasteiger partial charge in [0.25, 0.3) is 0 Å². The first kappa shape index (κ1) is 14.1. The van der Waals surface area contributed by atoms with Gasteiger partial charge in [-0.05, 0) is 18.4 Å². The van der Waals surface area contributed by atoms with Crippen molar-refractivity contribution in [2.45, 2.75) is 24.8 Å². The molecule has 1 aliphatic rings. The Bertz CT molecular complexity index is 536. The van der Waals surface area contributed by atoms with Crippen molar-refractivity contribution >= 4 is 11.8 Å². The maximum absolute atomic E-state index is 12.5. The van der Waals surface area contributed by atoms with Crippen LogP contribution < -0.4 is 5.32 Å². The van der Waals surface area contributed by atoms with Gasteiger partial charge in [0.2, 0.25) is 11.8 Å². The molecule has 2 atom stereocenters. The molecule has 1 saturated heterocycles.